The molecule has 200 valence electrons. The number of fused-ring (bicyclic) bond motifs is 4. The summed E-state index contributed by atoms with van der Waals surface area (Å²) in [5.41, 5.74) is 8.64. The van der Waals surface area contributed by atoms with E-state index in [1.165, 1.54) is 96.6 Å². The average Bonchev–Trinajstić information content (AvgIpc) is 2.98. The van der Waals surface area contributed by atoms with Crippen LogP contribution in [-0.4, -0.2) is 23.1 Å². The van der Waals surface area contributed by atoms with Crippen LogP contribution in [0.5, 0.6) is 0 Å². The predicted octanol–water partition coefficient (Wildman–Crippen LogP) is 9.07. The van der Waals surface area contributed by atoms with Gasteiger partial charge in [-0.15, -0.1) is 0 Å². The molecule has 0 aliphatic heterocycles. The Hall–Kier alpha value is -3.66. The summed E-state index contributed by atoms with van der Waals surface area (Å²) in [6.45, 7) is 2.06. The molecular weight excluding hydrogens is 476 g/mol. The fourth-order valence-electron chi connectivity index (χ4n) is 6.17. The molecule has 1 aliphatic rings. The molecule has 2 heterocycles. The normalized spacial score (nSPS) is 13.1. The van der Waals surface area contributed by atoms with Gasteiger partial charge in [0.2, 0.25) is 0 Å². The molecule has 5 aromatic rings. The molecular formula is C35H40N4. The first-order valence-electron chi connectivity index (χ1n) is 15.0. The number of nitrogens with zero attached hydrogens (tertiary/aromatic N) is 2. The Morgan fingerprint density at radius 3 is 1.56 bits per heavy atom. The van der Waals surface area contributed by atoms with E-state index in [-0.39, 0.29) is 0 Å². The molecule has 4 heteroatoms. The van der Waals surface area contributed by atoms with Crippen LogP contribution in [0.2, 0.25) is 0 Å². The van der Waals surface area contributed by atoms with Gasteiger partial charge in [0.1, 0.15) is 0 Å². The van der Waals surface area contributed by atoms with Crippen molar-refractivity contribution >= 4 is 44.1 Å². The molecule has 0 fully saturated rings. The summed E-state index contributed by atoms with van der Waals surface area (Å²) in [6, 6.07) is 25.5. The van der Waals surface area contributed by atoms with E-state index in [0.717, 1.165) is 42.5 Å². The van der Waals surface area contributed by atoms with E-state index in [0.29, 0.717) is 0 Å². The van der Waals surface area contributed by atoms with Crippen molar-refractivity contribution in [3.63, 3.8) is 0 Å². The van der Waals surface area contributed by atoms with E-state index >= 15 is 0 Å². The fourth-order valence-corrected chi connectivity index (χ4v) is 6.17. The molecule has 0 saturated heterocycles. The molecule has 3 aromatic carbocycles. The minimum Gasteiger partial charge on any atom is -0.384 e. The SMILES string of the molecule is c1ccc2c(NCCCCCCCCCNc3c4ccccc4nc4ccccc34)c3c(nc2c1)CCCC3. The Morgan fingerprint density at radius 1 is 0.487 bits per heavy atom. The zero-order valence-corrected chi connectivity index (χ0v) is 23.0. The van der Waals surface area contributed by atoms with Gasteiger partial charge in [0, 0.05) is 40.6 Å². The van der Waals surface area contributed by atoms with Crippen molar-refractivity contribution in [1.82, 2.24) is 9.97 Å². The molecule has 0 bridgehead atoms. The first kappa shape index (κ1) is 25.6. The molecule has 0 unspecified atom stereocenters. The fraction of sp³-hybridized carbons (Fsp3) is 0.371. The van der Waals surface area contributed by atoms with Gasteiger partial charge in [-0.3, -0.25) is 4.98 Å². The average molecular weight is 517 g/mol. The molecule has 0 saturated carbocycles. The second-order valence-electron chi connectivity index (χ2n) is 11.0. The topological polar surface area (TPSA) is 49.8 Å². The highest BCUT2D eigenvalue weighted by Crippen LogP contribution is 2.33. The standard InChI is InChI=1S/C35H40N4/c1(2-4-14-24-36-34-26-16-6-10-20-30(26)38-31-21-11-7-17-27(31)34)3-5-15-25-37-35-28-18-8-12-22-32(28)39-33-23-13-9-19-29(33)35/h6-8,10-12,16-18,20-22H,1-5,9,13-15,19,23-25H2,(H,36,38)(H,37,39). The van der Waals surface area contributed by atoms with E-state index in [9.17, 15) is 0 Å². The van der Waals surface area contributed by atoms with Crippen LogP contribution in [0.25, 0.3) is 32.7 Å². The minimum atomic E-state index is 1.01. The molecule has 39 heavy (non-hydrogen) atoms. The zero-order chi connectivity index (χ0) is 26.3. The van der Waals surface area contributed by atoms with Gasteiger partial charge in [-0.1, -0.05) is 86.7 Å². The van der Waals surface area contributed by atoms with Crippen LogP contribution in [0.15, 0.2) is 72.8 Å². The summed E-state index contributed by atoms with van der Waals surface area (Å²) < 4.78 is 0. The van der Waals surface area contributed by atoms with E-state index in [1.54, 1.807) is 0 Å². The number of hydrogen-bond acceptors (Lipinski definition) is 4. The third-order valence-electron chi connectivity index (χ3n) is 8.21. The van der Waals surface area contributed by atoms with Crippen LogP contribution < -0.4 is 10.6 Å². The van der Waals surface area contributed by atoms with E-state index in [2.05, 4.69) is 83.4 Å². The summed E-state index contributed by atoms with van der Waals surface area (Å²) in [4.78, 5) is 9.81. The summed E-state index contributed by atoms with van der Waals surface area (Å²) >= 11 is 0. The Morgan fingerprint density at radius 2 is 0.949 bits per heavy atom. The maximum absolute atomic E-state index is 4.97. The van der Waals surface area contributed by atoms with E-state index in [1.807, 2.05) is 0 Å². The minimum absolute atomic E-state index is 1.01. The van der Waals surface area contributed by atoms with Crippen molar-refractivity contribution < 1.29 is 0 Å². The summed E-state index contributed by atoms with van der Waals surface area (Å²) in [5, 5.41) is 11.3. The Balaban J connectivity index is 0.920. The van der Waals surface area contributed by atoms with Gasteiger partial charge in [0.25, 0.3) is 0 Å². The molecule has 0 atom stereocenters. The zero-order valence-electron chi connectivity index (χ0n) is 23.0. The maximum atomic E-state index is 4.97. The number of para-hydroxylation sites is 3. The molecule has 0 radical (unpaired) electrons. The second kappa shape index (κ2) is 12.5. The Bertz CT molecular complexity index is 1500. The lowest BCUT2D eigenvalue weighted by Gasteiger charge is -2.21. The number of nitrogens with one attached hydrogen (secondary N) is 2. The van der Waals surface area contributed by atoms with Crippen molar-refractivity contribution in [2.45, 2.75) is 70.6 Å². The van der Waals surface area contributed by atoms with E-state index < -0.39 is 0 Å². The van der Waals surface area contributed by atoms with Crippen LogP contribution in [-0.2, 0) is 12.8 Å². The quantitative estimate of drug-likeness (QED) is 0.128. The Labute approximate surface area is 232 Å². The second-order valence-corrected chi connectivity index (χ2v) is 11.0. The van der Waals surface area contributed by atoms with Crippen LogP contribution in [0, 0.1) is 0 Å². The number of aromatic nitrogens is 2. The van der Waals surface area contributed by atoms with Gasteiger partial charge in [0.05, 0.1) is 22.2 Å². The summed E-state index contributed by atoms with van der Waals surface area (Å²) in [7, 11) is 0. The number of aryl methyl sites for hydroxylation is 1. The van der Waals surface area contributed by atoms with Gasteiger partial charge < -0.3 is 10.6 Å². The smallest absolute Gasteiger partial charge is 0.0730 e. The van der Waals surface area contributed by atoms with Crippen LogP contribution >= 0.6 is 0 Å². The maximum Gasteiger partial charge on any atom is 0.0730 e. The van der Waals surface area contributed by atoms with Crippen molar-refractivity contribution in [2.24, 2.45) is 0 Å². The van der Waals surface area contributed by atoms with Crippen molar-refractivity contribution in [3.8, 4) is 0 Å². The lowest BCUT2D eigenvalue weighted by atomic mass is 9.92. The lowest BCUT2D eigenvalue weighted by Crippen LogP contribution is -2.12. The number of hydrogen-bond donors (Lipinski definition) is 2. The predicted molar refractivity (Wildman–Crippen MR) is 167 cm³/mol. The number of benzene rings is 3. The third kappa shape index (κ3) is 5.85. The number of rotatable bonds is 12. The number of unbranched alkanes of at least 4 members (excludes halogenated alkanes) is 6. The van der Waals surface area contributed by atoms with Crippen molar-refractivity contribution in [3.05, 3.63) is 84.1 Å². The van der Waals surface area contributed by atoms with Crippen LogP contribution in [0.1, 0.15) is 69.0 Å². The first-order valence-corrected chi connectivity index (χ1v) is 15.0. The first-order chi connectivity index (χ1) is 19.4. The largest absolute Gasteiger partial charge is 0.384 e. The Kier molecular flexibility index (Phi) is 8.18. The molecule has 0 amide bonds. The van der Waals surface area contributed by atoms with E-state index in [4.69, 9.17) is 9.97 Å². The molecule has 4 nitrogen and oxygen atoms in total. The van der Waals surface area contributed by atoms with Crippen LogP contribution in [0.3, 0.4) is 0 Å². The molecule has 2 N–H and O–H groups in total. The lowest BCUT2D eigenvalue weighted by molar-refractivity contribution is 0.591. The van der Waals surface area contributed by atoms with Crippen molar-refractivity contribution in [1.29, 1.82) is 0 Å². The molecule has 0 spiro atoms. The highest BCUT2D eigenvalue weighted by atomic mass is 14.9. The van der Waals surface area contributed by atoms with Gasteiger partial charge in [0.15, 0.2) is 0 Å². The van der Waals surface area contributed by atoms with Gasteiger partial charge >= 0.3 is 0 Å². The van der Waals surface area contributed by atoms with Crippen molar-refractivity contribution in [2.75, 3.05) is 23.7 Å². The van der Waals surface area contributed by atoms with Crippen LogP contribution in [0.4, 0.5) is 11.4 Å². The monoisotopic (exact) mass is 516 g/mol. The number of pyridine rings is 2. The third-order valence-corrected chi connectivity index (χ3v) is 8.21. The summed E-state index contributed by atoms with van der Waals surface area (Å²) in [5.74, 6) is 0. The van der Waals surface area contributed by atoms with Gasteiger partial charge in [-0.05, 0) is 62.3 Å². The summed E-state index contributed by atoms with van der Waals surface area (Å²) in [6.07, 6.45) is 13.8. The van der Waals surface area contributed by atoms with Gasteiger partial charge in [-0.2, -0.15) is 0 Å². The molecule has 1 aliphatic carbocycles. The highest BCUT2D eigenvalue weighted by Gasteiger charge is 2.17. The number of anilines is 2. The molecule has 6 rings (SSSR count). The molecule has 2 aromatic heterocycles. The van der Waals surface area contributed by atoms with Gasteiger partial charge in [-0.25, -0.2) is 4.98 Å². The highest BCUT2D eigenvalue weighted by molar-refractivity contribution is 6.07.